The van der Waals surface area contributed by atoms with Crippen molar-refractivity contribution in [3.05, 3.63) is 58.5 Å². The number of thiophene rings is 1. The zero-order valence-corrected chi connectivity index (χ0v) is 15.0. The fraction of sp³-hybridized carbons (Fsp3) is 0.211. The normalized spacial score (nSPS) is 13.4. The maximum atomic E-state index is 12.0. The molecule has 134 valence electrons. The van der Waals surface area contributed by atoms with Gasteiger partial charge in [0.15, 0.2) is 0 Å². The zero-order valence-electron chi connectivity index (χ0n) is 14.2. The molecule has 1 saturated carbocycles. The van der Waals surface area contributed by atoms with Gasteiger partial charge < -0.3 is 15.4 Å². The van der Waals surface area contributed by atoms with Crippen LogP contribution in [-0.4, -0.2) is 30.9 Å². The Morgan fingerprint density at radius 1 is 1.12 bits per heavy atom. The highest BCUT2D eigenvalue weighted by Crippen LogP contribution is 2.22. The zero-order chi connectivity index (χ0) is 18.5. The number of hydrogen-bond donors (Lipinski definition) is 2. The van der Waals surface area contributed by atoms with Crippen molar-refractivity contribution in [1.82, 2.24) is 5.32 Å². The quantitative estimate of drug-likeness (QED) is 0.605. The van der Waals surface area contributed by atoms with E-state index in [0.29, 0.717) is 21.5 Å². The minimum absolute atomic E-state index is 0.0696. The molecule has 1 heterocycles. The Hall–Kier alpha value is -2.93. The van der Waals surface area contributed by atoms with Crippen LogP contribution in [0.1, 0.15) is 38.4 Å². The first-order chi connectivity index (χ1) is 12.5. The molecule has 1 aromatic heterocycles. The van der Waals surface area contributed by atoms with Crippen molar-refractivity contribution in [2.24, 2.45) is 0 Å². The number of rotatable bonds is 6. The Labute approximate surface area is 154 Å². The summed E-state index contributed by atoms with van der Waals surface area (Å²) >= 11 is 1.15. The summed E-state index contributed by atoms with van der Waals surface area (Å²) in [6, 6.07) is 10.6. The number of ether oxygens (including phenoxy) is 1. The van der Waals surface area contributed by atoms with Gasteiger partial charge in [-0.15, -0.1) is 11.3 Å². The summed E-state index contributed by atoms with van der Waals surface area (Å²) in [5, 5.41) is 6.18. The van der Waals surface area contributed by atoms with Crippen molar-refractivity contribution in [3.8, 4) is 0 Å². The molecule has 0 atom stereocenters. The lowest BCUT2D eigenvalue weighted by Crippen LogP contribution is -2.25. The first kappa shape index (κ1) is 17.9. The van der Waals surface area contributed by atoms with Gasteiger partial charge in [-0.3, -0.25) is 9.59 Å². The van der Waals surface area contributed by atoms with Crippen molar-refractivity contribution in [2.45, 2.75) is 18.9 Å². The molecule has 3 rings (SSSR count). The minimum atomic E-state index is -0.433. The lowest BCUT2D eigenvalue weighted by Gasteiger charge is -2.03. The van der Waals surface area contributed by atoms with Crippen LogP contribution in [0.2, 0.25) is 0 Å². The van der Waals surface area contributed by atoms with Gasteiger partial charge in [-0.25, -0.2) is 4.79 Å². The molecule has 26 heavy (non-hydrogen) atoms. The monoisotopic (exact) mass is 370 g/mol. The van der Waals surface area contributed by atoms with E-state index in [4.69, 9.17) is 0 Å². The summed E-state index contributed by atoms with van der Waals surface area (Å²) < 4.78 is 4.63. The average molecular weight is 370 g/mol. The molecule has 1 aliphatic rings. The van der Waals surface area contributed by atoms with Gasteiger partial charge >= 0.3 is 5.97 Å². The van der Waals surface area contributed by atoms with E-state index in [1.807, 2.05) is 0 Å². The molecule has 2 N–H and O–H groups in total. The van der Waals surface area contributed by atoms with Crippen LogP contribution in [0.15, 0.2) is 42.5 Å². The number of anilines is 1. The Morgan fingerprint density at radius 3 is 2.50 bits per heavy atom. The first-order valence-electron chi connectivity index (χ1n) is 8.13. The number of methoxy groups -OCH3 is 1. The predicted molar refractivity (Wildman–Crippen MR) is 100 cm³/mol. The van der Waals surface area contributed by atoms with Gasteiger partial charge in [0.05, 0.1) is 12.1 Å². The third kappa shape index (κ3) is 4.80. The molecule has 0 aliphatic heterocycles. The van der Waals surface area contributed by atoms with Crippen LogP contribution in [0.5, 0.6) is 0 Å². The summed E-state index contributed by atoms with van der Waals surface area (Å²) in [5.41, 5.74) is 1.41. The molecule has 1 aliphatic carbocycles. The number of benzene rings is 1. The Balaban J connectivity index is 1.55. The second kappa shape index (κ2) is 7.97. The lowest BCUT2D eigenvalue weighted by atomic mass is 10.1. The molecular weight excluding hydrogens is 352 g/mol. The number of hydrogen-bond acceptors (Lipinski definition) is 5. The molecule has 1 aromatic carbocycles. The van der Waals surface area contributed by atoms with Crippen LogP contribution in [0.25, 0.3) is 6.08 Å². The van der Waals surface area contributed by atoms with Crippen LogP contribution < -0.4 is 10.6 Å². The van der Waals surface area contributed by atoms with E-state index >= 15 is 0 Å². The number of nitrogens with one attached hydrogen (secondary N) is 2. The number of esters is 1. The molecule has 7 heteroatoms. The summed E-state index contributed by atoms with van der Waals surface area (Å²) in [6.45, 7) is 0. The minimum Gasteiger partial charge on any atom is -0.465 e. The molecule has 6 nitrogen and oxygen atoms in total. The topological polar surface area (TPSA) is 84.5 Å². The van der Waals surface area contributed by atoms with Gasteiger partial charge in [0.25, 0.3) is 5.91 Å². The van der Waals surface area contributed by atoms with E-state index in [1.54, 1.807) is 42.5 Å². The van der Waals surface area contributed by atoms with Gasteiger partial charge in [0, 0.05) is 17.7 Å². The SMILES string of the molecule is COC(=O)c1ccc(NC(=O)C=Cc2ccc(C(=O)NC3CC3)cc2)s1. The fourth-order valence-electron chi connectivity index (χ4n) is 2.19. The average Bonchev–Trinajstić information content (AvgIpc) is 3.34. The van der Waals surface area contributed by atoms with E-state index in [0.717, 1.165) is 29.7 Å². The molecule has 0 saturated heterocycles. The smallest absolute Gasteiger partial charge is 0.348 e. The molecule has 2 aromatic rings. The second-order valence-electron chi connectivity index (χ2n) is 5.85. The van der Waals surface area contributed by atoms with Crippen LogP contribution in [0.3, 0.4) is 0 Å². The van der Waals surface area contributed by atoms with Gasteiger partial charge in [0.2, 0.25) is 5.91 Å². The van der Waals surface area contributed by atoms with Crippen molar-refractivity contribution in [2.75, 3.05) is 12.4 Å². The molecule has 0 bridgehead atoms. The molecule has 0 unspecified atom stereocenters. The van der Waals surface area contributed by atoms with Gasteiger partial charge in [-0.05, 0) is 48.7 Å². The third-order valence-corrected chi connectivity index (χ3v) is 4.73. The van der Waals surface area contributed by atoms with Crippen LogP contribution in [0.4, 0.5) is 5.00 Å². The third-order valence-electron chi connectivity index (χ3n) is 3.75. The molecule has 2 amide bonds. The Morgan fingerprint density at radius 2 is 1.85 bits per heavy atom. The number of carbonyl (C=O) groups is 3. The highest BCUT2D eigenvalue weighted by Gasteiger charge is 2.23. The Bertz CT molecular complexity index is 851. The molecule has 0 spiro atoms. The van der Waals surface area contributed by atoms with Gasteiger partial charge in [-0.2, -0.15) is 0 Å². The van der Waals surface area contributed by atoms with E-state index in [1.165, 1.54) is 13.2 Å². The van der Waals surface area contributed by atoms with Crippen molar-refractivity contribution in [1.29, 1.82) is 0 Å². The summed E-state index contributed by atoms with van der Waals surface area (Å²) in [5.74, 6) is -0.810. The van der Waals surface area contributed by atoms with Gasteiger partial charge in [0.1, 0.15) is 4.88 Å². The van der Waals surface area contributed by atoms with Crippen LogP contribution >= 0.6 is 11.3 Å². The summed E-state index contributed by atoms with van der Waals surface area (Å²) in [7, 11) is 1.31. The predicted octanol–water partition coefficient (Wildman–Crippen LogP) is 3.08. The largest absolute Gasteiger partial charge is 0.465 e. The maximum absolute atomic E-state index is 12.0. The van der Waals surface area contributed by atoms with Crippen molar-refractivity contribution < 1.29 is 19.1 Å². The first-order valence-corrected chi connectivity index (χ1v) is 8.95. The highest BCUT2D eigenvalue weighted by atomic mass is 32.1. The summed E-state index contributed by atoms with van der Waals surface area (Å²) in [4.78, 5) is 35.7. The van der Waals surface area contributed by atoms with Crippen molar-refractivity contribution >= 4 is 40.2 Å². The van der Waals surface area contributed by atoms with Crippen LogP contribution in [-0.2, 0) is 9.53 Å². The molecule has 0 radical (unpaired) electrons. The molecular formula is C19H18N2O4S. The fourth-order valence-corrected chi connectivity index (χ4v) is 3.02. The maximum Gasteiger partial charge on any atom is 0.348 e. The molecule has 1 fully saturated rings. The van der Waals surface area contributed by atoms with E-state index in [2.05, 4.69) is 15.4 Å². The van der Waals surface area contributed by atoms with Gasteiger partial charge in [-0.1, -0.05) is 12.1 Å². The van der Waals surface area contributed by atoms with Crippen LogP contribution in [0, 0.1) is 0 Å². The number of amides is 2. The number of carbonyl (C=O) groups excluding carboxylic acids is 3. The summed E-state index contributed by atoms with van der Waals surface area (Å²) in [6.07, 6.45) is 5.16. The highest BCUT2D eigenvalue weighted by molar-refractivity contribution is 7.18. The van der Waals surface area contributed by atoms with E-state index in [9.17, 15) is 14.4 Å². The second-order valence-corrected chi connectivity index (χ2v) is 6.93. The van der Waals surface area contributed by atoms with Crippen molar-refractivity contribution in [3.63, 3.8) is 0 Å². The standard InChI is InChI=1S/C19H18N2O4S/c1-25-19(24)15-9-11-17(26-15)21-16(22)10-4-12-2-5-13(6-3-12)18(23)20-14-7-8-14/h2-6,9-11,14H,7-8H2,1H3,(H,20,23)(H,21,22). The van der Waals surface area contributed by atoms with E-state index < -0.39 is 5.97 Å². The lowest BCUT2D eigenvalue weighted by molar-refractivity contribution is -0.111. The Kier molecular flexibility index (Phi) is 5.48. The van der Waals surface area contributed by atoms with E-state index in [-0.39, 0.29) is 11.8 Å².